The van der Waals surface area contributed by atoms with Crippen LogP contribution in [0.5, 0.6) is 5.75 Å². The van der Waals surface area contributed by atoms with Gasteiger partial charge in [-0.3, -0.25) is 19.4 Å². The molecule has 6 aliphatic rings. The molecular weight excluding hydrogens is 1740 g/mol. The summed E-state index contributed by atoms with van der Waals surface area (Å²) >= 11 is 18.6. The highest BCUT2D eigenvalue weighted by Gasteiger charge is 2.31. The molecule has 0 saturated heterocycles. The van der Waals surface area contributed by atoms with Crippen molar-refractivity contribution in [2.75, 3.05) is 34.5 Å². The number of rotatable bonds is 20. The molecule has 0 saturated carbocycles. The molecule has 0 spiro atoms. The molecule has 0 bridgehead atoms. The number of aromatic carboxylic acids is 7. The van der Waals surface area contributed by atoms with Crippen LogP contribution >= 0.6 is 34.8 Å². The number of nitrogens with two attached hydrogens (primary N) is 2. The van der Waals surface area contributed by atoms with E-state index in [-0.39, 0.29) is 153 Å². The first-order chi connectivity index (χ1) is 62.3. The summed E-state index contributed by atoms with van der Waals surface area (Å²) in [6, 6.07) is 54.5. The minimum atomic E-state index is -1.30. The van der Waals surface area contributed by atoms with Gasteiger partial charge in [-0.1, -0.05) is 89.4 Å². The van der Waals surface area contributed by atoms with Crippen molar-refractivity contribution in [3.8, 4) is 73.1 Å². The summed E-state index contributed by atoms with van der Waals surface area (Å²) in [4.78, 5) is 147. The third-order valence-electron chi connectivity index (χ3n) is 21.5. The topological polar surface area (TPSA) is 525 Å². The van der Waals surface area contributed by atoms with E-state index in [0.717, 1.165) is 16.3 Å². The molecule has 3 aliphatic carbocycles. The molecule has 34 heteroatoms. The fourth-order valence-corrected chi connectivity index (χ4v) is 15.9. The zero-order valence-electron chi connectivity index (χ0n) is 66.8. The third kappa shape index (κ3) is 16.4. The molecule has 31 nitrogen and oxygen atoms in total. The minimum Gasteiger partial charge on any atom is -0.507 e. The minimum absolute atomic E-state index is 0.0501. The fraction of sp³-hybridized carbons (Fsp3) is 0.0417. The molecule has 0 radical (unpaired) electrons. The molecule has 18 rings (SSSR count). The molecule has 9 aromatic carbocycles. The van der Waals surface area contributed by atoms with Crippen LogP contribution in [0.2, 0.25) is 15.1 Å². The van der Waals surface area contributed by atoms with E-state index in [0.29, 0.717) is 94.4 Å². The second-order valence-electron chi connectivity index (χ2n) is 29.2. The number of phenols is 1. The Morgan fingerprint density at radius 2 is 0.715 bits per heavy atom. The number of nitrogen functional groups attached to an aromatic ring is 2. The number of carbonyl (C=O) groups is 8. The second kappa shape index (κ2) is 35.0. The lowest BCUT2D eigenvalue weighted by Gasteiger charge is -2.20. The summed E-state index contributed by atoms with van der Waals surface area (Å²) in [6.45, 7) is 0.209. The van der Waals surface area contributed by atoms with Crippen LogP contribution in [0.3, 0.4) is 0 Å². The van der Waals surface area contributed by atoms with Gasteiger partial charge >= 0.3 is 47.8 Å². The van der Waals surface area contributed by atoms with Gasteiger partial charge in [0.25, 0.3) is 0 Å². The number of anilines is 5. The molecule has 0 atom stereocenters. The Morgan fingerprint density at radius 1 is 0.369 bits per heavy atom. The average molecular weight is 1800 g/mol. The van der Waals surface area contributed by atoms with Gasteiger partial charge in [-0.05, 0) is 162 Å². The lowest BCUT2D eigenvalue weighted by Crippen LogP contribution is -2.09. The largest absolute Gasteiger partial charge is 0.507 e. The molecule has 0 amide bonds. The van der Waals surface area contributed by atoms with Crippen molar-refractivity contribution in [2.24, 2.45) is 0 Å². The molecule has 0 unspecified atom stereocenters. The number of aromatic hydroxyl groups is 1. The average Bonchev–Trinajstić information content (AvgIpc) is 0.740. The second-order valence-corrected chi connectivity index (χ2v) is 30.4. The Hall–Kier alpha value is -17.3. The molecule has 3 aromatic heterocycles. The van der Waals surface area contributed by atoms with Gasteiger partial charge in [0.1, 0.15) is 51.2 Å². The number of aromatic nitrogens is 3. The van der Waals surface area contributed by atoms with Gasteiger partial charge in [0.15, 0.2) is 0 Å². The summed E-state index contributed by atoms with van der Waals surface area (Å²) in [7, 11) is 1.27. The van der Waals surface area contributed by atoms with Crippen LogP contribution in [0.4, 0.5) is 28.4 Å². The molecule has 3 aliphatic heterocycles. The van der Waals surface area contributed by atoms with E-state index in [9.17, 15) is 93.6 Å². The van der Waals surface area contributed by atoms with E-state index >= 15 is 0 Å². The number of hydrogen-bond acceptors (Lipinski definition) is 24. The molecule has 0 fully saturated rings. The monoisotopic (exact) mass is 1800 g/mol. The lowest BCUT2D eigenvalue weighted by atomic mass is 9.88. The number of benzene rings is 12. The number of carboxylic acid groups (broad SMARTS) is 7. The summed E-state index contributed by atoms with van der Waals surface area (Å²) in [6.07, 6.45) is 1.67. The van der Waals surface area contributed by atoms with Crippen LogP contribution < -0.4 is 43.7 Å². The van der Waals surface area contributed by atoms with E-state index in [1.54, 1.807) is 79.0 Å². The molecule has 130 heavy (non-hydrogen) atoms. The van der Waals surface area contributed by atoms with E-state index in [1.807, 2.05) is 42.5 Å². The first kappa shape index (κ1) is 86.2. The van der Waals surface area contributed by atoms with Crippen LogP contribution in [0.25, 0.3) is 133 Å². The van der Waals surface area contributed by atoms with Gasteiger partial charge in [-0.25, -0.2) is 48.3 Å². The Kier molecular flexibility index (Phi) is 23.2. The van der Waals surface area contributed by atoms with Gasteiger partial charge in [-0.15, -0.1) is 0 Å². The van der Waals surface area contributed by atoms with Crippen LogP contribution in [0.1, 0.15) is 99.8 Å². The number of pyridine rings is 3. The first-order valence-corrected chi connectivity index (χ1v) is 39.8. The predicted octanol–water partition coefficient (Wildman–Crippen LogP) is 18.7. The number of halogens is 3. The Labute approximate surface area is 743 Å². The highest BCUT2D eigenvalue weighted by atomic mass is 35.5. The predicted molar refractivity (Wildman–Crippen MR) is 486 cm³/mol. The van der Waals surface area contributed by atoms with Crippen molar-refractivity contribution in [3.05, 3.63) is 332 Å². The van der Waals surface area contributed by atoms with E-state index < -0.39 is 64.0 Å². The van der Waals surface area contributed by atoms with Gasteiger partial charge in [0.2, 0.25) is 16.3 Å². The maximum Gasteiger partial charge on any atom is 0.356 e. The summed E-state index contributed by atoms with van der Waals surface area (Å²) in [5, 5.41) is 92.4. The first-order valence-electron chi connectivity index (χ1n) is 38.7. The van der Waals surface area contributed by atoms with Gasteiger partial charge in [0, 0.05) is 132 Å². The number of esters is 1. The van der Waals surface area contributed by atoms with Crippen molar-refractivity contribution < 1.29 is 97.2 Å². The maximum absolute atomic E-state index is 12.6. The molecule has 15 N–H and O–H groups in total. The standard InChI is InChI=1S/C33H22ClN3O8.C32H20ClN3O8.C31H19ClN2O7/c1-44-33(43)25-10-6-15-3-2-4-24(29(15)37-25)36-14-21-23(35)9-8-18-28(19-11-16(31(39)40)5-7-17(19)32(41)42)20-12-22(34)26(38)13-27(20)45-30(18)21;33-21-11-19-26(12-25(21)37)44-29-17(27(19)18-10-15(30(38)39)4-6-16(18)31(40)41)7-8-22(34)20(29)13-35-23-3-1-2-14-5-9-24(32(42)43)36-28(14)23;32-22-12-20-26(13-25(22)36)41-29-18(27(20)19-11-16(30(37)38)6-7-17(19)31(39)40)8-9-24(35)21(29)14-34-23-5-1-3-15-4-2-10-33-28(15)23/h2-13,36H,14,35H2,1H3,(H,39,40)(H,41,42);1-12,35H,13,34H2,(H,38,39)(H,40,41)(H,42,43);1-13,34-35H,14H2,(H,37,38)(H,39,40). The van der Waals surface area contributed by atoms with Crippen molar-refractivity contribution >= 4 is 177 Å². The van der Waals surface area contributed by atoms with Crippen molar-refractivity contribution in [1.29, 1.82) is 0 Å². The van der Waals surface area contributed by atoms with Crippen molar-refractivity contribution in [2.45, 2.75) is 19.6 Å². The molecule has 6 heterocycles. The zero-order chi connectivity index (χ0) is 92.1. The van der Waals surface area contributed by atoms with Gasteiger partial charge in [0.05, 0.1) is 94.7 Å². The van der Waals surface area contributed by atoms with Gasteiger partial charge in [-0.2, -0.15) is 0 Å². The fourth-order valence-electron chi connectivity index (χ4n) is 15.4. The number of nitrogens with zero attached hydrogens (tertiary/aromatic N) is 3. The highest BCUT2D eigenvalue weighted by molar-refractivity contribution is 6.32. The van der Waals surface area contributed by atoms with E-state index in [2.05, 4.69) is 30.9 Å². The summed E-state index contributed by atoms with van der Waals surface area (Å²) < 4.78 is 23.5. The number of carboxylic acids is 7. The van der Waals surface area contributed by atoms with Crippen molar-refractivity contribution in [1.82, 2.24) is 15.0 Å². The SMILES string of the molecule is COC(=O)c1ccc2cccc(NCc3c(N)ccc4c(-c5cc(C(=O)O)ccc5C(=O)O)c5cc(Cl)c(=O)cc-5oc34)c2n1.Nc1ccc2c(-c3cc(C(=O)O)ccc3C(=O)O)c3cc(Cl)c(=O)cc-3oc2c1CNc1cccc2ccc(C(=O)O)nc12.O=C(O)c1ccc(C(=O)O)c(-c2c3cc(Cl)c(=O)cc-3oc3c(CNc4cccc5cccnc45)c(O)ccc23)c1. The van der Waals surface area contributed by atoms with Crippen LogP contribution in [-0.4, -0.2) is 111 Å². The number of para-hydroxylation sites is 3. The normalized spacial score (nSPS) is 11.2. The quantitative estimate of drug-likeness (QED) is 0.0191. The number of methoxy groups -OCH3 is 1. The number of phenolic OH excluding ortho intramolecular Hbond substituents is 1. The van der Waals surface area contributed by atoms with Crippen molar-refractivity contribution in [3.63, 3.8) is 0 Å². The number of hydrogen-bond donors (Lipinski definition) is 13. The molecule has 644 valence electrons. The van der Waals surface area contributed by atoms with Crippen LogP contribution in [-0.2, 0) is 24.4 Å². The Bertz CT molecular complexity index is 8010. The smallest absolute Gasteiger partial charge is 0.356 e. The van der Waals surface area contributed by atoms with E-state index in [1.165, 1.54) is 110 Å². The summed E-state index contributed by atoms with van der Waals surface area (Å²) in [5.41, 5.74) is 18.2. The maximum atomic E-state index is 12.6. The van der Waals surface area contributed by atoms with E-state index in [4.69, 9.17) is 64.3 Å². The number of ether oxygens (including phenoxy) is 1. The number of nitrogens with one attached hydrogen (secondary N) is 3. The number of carbonyl (C=O) groups excluding carboxylic acids is 1. The highest BCUT2D eigenvalue weighted by Crippen LogP contribution is 2.49. The third-order valence-corrected chi connectivity index (χ3v) is 22.4. The van der Waals surface area contributed by atoms with Gasteiger partial charge < -0.3 is 86.3 Å². The molecule has 12 aromatic rings. The number of fused-ring (bicyclic) bond motifs is 9. The summed E-state index contributed by atoms with van der Waals surface area (Å²) in [5.74, 6) is -9.27. The Morgan fingerprint density at radius 3 is 1.09 bits per heavy atom. The molecular formula is C96H61Cl3N8O23. The zero-order valence-corrected chi connectivity index (χ0v) is 69.1. The van der Waals surface area contributed by atoms with Crippen LogP contribution in [0.15, 0.2) is 252 Å². The lowest BCUT2D eigenvalue weighted by molar-refractivity contribution is 0.0590. The Balaban J connectivity index is 0.000000143. The van der Waals surface area contributed by atoms with Crippen LogP contribution in [0, 0.1) is 0 Å².